The number of amides is 2. The van der Waals surface area contributed by atoms with Crippen LogP contribution in [-0.2, 0) is 9.59 Å². The molecule has 1 fully saturated rings. The van der Waals surface area contributed by atoms with Crippen molar-refractivity contribution in [3.63, 3.8) is 0 Å². The van der Waals surface area contributed by atoms with E-state index >= 15 is 0 Å². The number of benzene rings is 1. The van der Waals surface area contributed by atoms with Crippen molar-refractivity contribution in [3.8, 4) is 0 Å². The monoisotopic (exact) mass is 379 g/mol. The lowest BCUT2D eigenvalue weighted by atomic mass is 10.1. The normalized spacial score (nSPS) is 18.5. The van der Waals surface area contributed by atoms with Gasteiger partial charge in [0, 0.05) is 35.2 Å². The number of rotatable bonds is 5. The highest BCUT2D eigenvalue weighted by molar-refractivity contribution is 6.35. The van der Waals surface area contributed by atoms with E-state index in [1.165, 1.54) is 0 Å². The van der Waals surface area contributed by atoms with Gasteiger partial charge >= 0.3 is 0 Å². The Bertz CT molecular complexity index is 563. The lowest BCUT2D eigenvalue weighted by molar-refractivity contribution is -0.126. The summed E-state index contributed by atoms with van der Waals surface area (Å²) in [6.07, 6.45) is 0.187. The molecule has 128 valence electrons. The second-order valence-corrected chi connectivity index (χ2v) is 6.49. The fourth-order valence-corrected chi connectivity index (χ4v) is 2.84. The lowest BCUT2D eigenvalue weighted by Gasteiger charge is -2.18. The van der Waals surface area contributed by atoms with Gasteiger partial charge in [0.15, 0.2) is 0 Å². The van der Waals surface area contributed by atoms with E-state index in [0.29, 0.717) is 35.4 Å². The minimum atomic E-state index is -0.366. The first-order chi connectivity index (χ1) is 10.4. The third kappa shape index (κ3) is 5.24. The molecule has 1 aliphatic rings. The van der Waals surface area contributed by atoms with Gasteiger partial charge < -0.3 is 16.0 Å². The van der Waals surface area contributed by atoms with Crippen molar-refractivity contribution in [2.45, 2.75) is 13.3 Å². The molecule has 0 aliphatic carbocycles. The Kier molecular flexibility index (Phi) is 7.61. The van der Waals surface area contributed by atoms with Gasteiger partial charge in [0.25, 0.3) is 0 Å². The minimum Gasteiger partial charge on any atom is -0.355 e. The largest absolute Gasteiger partial charge is 0.355 e. The molecule has 1 heterocycles. The number of carbonyl (C=O) groups is 2. The van der Waals surface area contributed by atoms with Crippen LogP contribution in [0.4, 0.5) is 5.69 Å². The van der Waals surface area contributed by atoms with Crippen LogP contribution in [0.5, 0.6) is 0 Å². The lowest BCUT2D eigenvalue weighted by Crippen LogP contribution is -2.36. The molecule has 1 saturated heterocycles. The molecule has 1 aromatic rings. The summed E-state index contributed by atoms with van der Waals surface area (Å²) < 4.78 is 0. The van der Waals surface area contributed by atoms with Crippen molar-refractivity contribution in [1.29, 1.82) is 0 Å². The molecule has 0 aromatic heterocycles. The minimum absolute atomic E-state index is 0. The average Bonchev–Trinajstić information content (AvgIpc) is 2.85. The van der Waals surface area contributed by atoms with E-state index in [4.69, 9.17) is 28.9 Å². The number of nitrogens with zero attached hydrogens (tertiary/aromatic N) is 1. The van der Waals surface area contributed by atoms with Gasteiger partial charge in [-0.3, -0.25) is 9.59 Å². The van der Waals surface area contributed by atoms with Gasteiger partial charge in [0.05, 0.1) is 5.92 Å². The van der Waals surface area contributed by atoms with E-state index < -0.39 is 0 Å². The van der Waals surface area contributed by atoms with Gasteiger partial charge in [-0.2, -0.15) is 0 Å². The van der Waals surface area contributed by atoms with E-state index in [9.17, 15) is 9.59 Å². The summed E-state index contributed by atoms with van der Waals surface area (Å²) in [5.41, 5.74) is 6.14. The van der Waals surface area contributed by atoms with Crippen molar-refractivity contribution in [2.24, 2.45) is 17.6 Å². The summed E-state index contributed by atoms with van der Waals surface area (Å²) in [7, 11) is 0. The van der Waals surface area contributed by atoms with Crippen LogP contribution in [-0.4, -0.2) is 31.4 Å². The van der Waals surface area contributed by atoms with Crippen molar-refractivity contribution < 1.29 is 9.59 Å². The zero-order valence-corrected chi connectivity index (χ0v) is 15.0. The number of hydrogen-bond donors (Lipinski definition) is 2. The van der Waals surface area contributed by atoms with Gasteiger partial charge in [0.2, 0.25) is 11.8 Å². The summed E-state index contributed by atoms with van der Waals surface area (Å²) in [6.45, 7) is 3.32. The Hall–Kier alpha value is -1.01. The Morgan fingerprint density at radius 1 is 1.39 bits per heavy atom. The molecule has 2 rings (SSSR count). The Balaban J connectivity index is 0.00000264. The molecular weight excluding hydrogens is 361 g/mol. The first-order valence-corrected chi connectivity index (χ1v) is 7.90. The molecule has 23 heavy (non-hydrogen) atoms. The number of anilines is 1. The third-order valence-corrected chi connectivity index (χ3v) is 4.12. The fraction of sp³-hybridized carbons (Fsp3) is 0.467. The molecule has 1 aromatic carbocycles. The Morgan fingerprint density at radius 3 is 2.57 bits per heavy atom. The second-order valence-electron chi connectivity index (χ2n) is 5.62. The van der Waals surface area contributed by atoms with Crippen LogP contribution in [0.15, 0.2) is 18.2 Å². The predicted molar refractivity (Wildman–Crippen MR) is 95.4 cm³/mol. The van der Waals surface area contributed by atoms with Crippen LogP contribution in [0, 0.1) is 11.8 Å². The van der Waals surface area contributed by atoms with Gasteiger partial charge in [0.1, 0.15) is 0 Å². The maximum atomic E-state index is 12.1. The summed E-state index contributed by atoms with van der Waals surface area (Å²) in [4.78, 5) is 25.8. The topological polar surface area (TPSA) is 75.4 Å². The third-order valence-electron chi connectivity index (χ3n) is 3.68. The molecule has 2 amide bonds. The van der Waals surface area contributed by atoms with E-state index in [0.717, 1.165) is 0 Å². The smallest absolute Gasteiger partial charge is 0.227 e. The number of carbonyl (C=O) groups excluding carboxylic acids is 2. The van der Waals surface area contributed by atoms with Crippen LogP contribution >= 0.6 is 35.6 Å². The zero-order valence-electron chi connectivity index (χ0n) is 12.7. The Morgan fingerprint density at radius 2 is 2.00 bits per heavy atom. The van der Waals surface area contributed by atoms with E-state index in [1.54, 1.807) is 23.1 Å². The van der Waals surface area contributed by atoms with E-state index in [-0.39, 0.29) is 42.5 Å². The predicted octanol–water partition coefficient (Wildman–Crippen LogP) is 2.48. The van der Waals surface area contributed by atoms with Crippen molar-refractivity contribution in [2.75, 3.05) is 24.5 Å². The van der Waals surface area contributed by atoms with E-state index in [2.05, 4.69) is 5.32 Å². The van der Waals surface area contributed by atoms with Crippen molar-refractivity contribution in [3.05, 3.63) is 28.2 Å². The van der Waals surface area contributed by atoms with Crippen molar-refractivity contribution in [1.82, 2.24) is 5.32 Å². The zero-order chi connectivity index (χ0) is 16.3. The first-order valence-electron chi connectivity index (χ1n) is 7.15. The highest BCUT2D eigenvalue weighted by Crippen LogP contribution is 2.30. The van der Waals surface area contributed by atoms with Gasteiger partial charge in [-0.1, -0.05) is 30.1 Å². The molecule has 1 aliphatic heterocycles. The molecule has 2 atom stereocenters. The molecule has 3 N–H and O–H groups in total. The first kappa shape index (κ1) is 20.0. The average molecular weight is 381 g/mol. The van der Waals surface area contributed by atoms with Gasteiger partial charge in [-0.15, -0.1) is 12.4 Å². The quantitative estimate of drug-likeness (QED) is 0.824. The molecular formula is C15H20Cl3N3O2. The maximum absolute atomic E-state index is 12.1. The number of halogens is 3. The van der Waals surface area contributed by atoms with Crippen molar-refractivity contribution >= 4 is 53.1 Å². The number of nitrogens with two attached hydrogens (primary N) is 1. The molecule has 8 heteroatoms. The number of hydrogen-bond acceptors (Lipinski definition) is 3. The van der Waals surface area contributed by atoms with E-state index in [1.807, 2.05) is 6.92 Å². The van der Waals surface area contributed by atoms with Crippen LogP contribution in [0.3, 0.4) is 0 Å². The second kappa shape index (κ2) is 8.73. The van der Waals surface area contributed by atoms with Gasteiger partial charge in [-0.25, -0.2) is 0 Å². The standard InChI is InChI=1S/C15H19Cl2N3O2.ClH/c1-9(6-18)7-19-15(22)10-2-14(21)20(8-10)13-4-11(16)3-12(17)5-13;/h3-5,9-10H,2,6-8,18H2,1H3,(H,19,22);1H. The highest BCUT2D eigenvalue weighted by atomic mass is 35.5. The molecule has 0 radical (unpaired) electrons. The highest BCUT2D eigenvalue weighted by Gasteiger charge is 2.35. The summed E-state index contributed by atoms with van der Waals surface area (Å²) in [6, 6.07) is 4.94. The van der Waals surface area contributed by atoms with Gasteiger partial charge in [-0.05, 0) is 30.7 Å². The fourth-order valence-electron chi connectivity index (χ4n) is 2.33. The molecule has 0 spiro atoms. The SMILES string of the molecule is CC(CN)CNC(=O)C1CC(=O)N(c2cc(Cl)cc(Cl)c2)C1.Cl. The molecule has 2 unspecified atom stereocenters. The Labute approximate surface area is 151 Å². The summed E-state index contributed by atoms with van der Waals surface area (Å²) in [5.74, 6) is -0.381. The van der Waals surface area contributed by atoms with Crippen LogP contribution < -0.4 is 16.0 Å². The molecule has 0 bridgehead atoms. The molecule has 5 nitrogen and oxygen atoms in total. The molecule has 0 saturated carbocycles. The summed E-state index contributed by atoms with van der Waals surface area (Å²) >= 11 is 11.9. The van der Waals surface area contributed by atoms with Crippen LogP contribution in [0.2, 0.25) is 10.0 Å². The maximum Gasteiger partial charge on any atom is 0.227 e. The summed E-state index contributed by atoms with van der Waals surface area (Å²) in [5, 5.41) is 3.76. The van der Waals surface area contributed by atoms with Crippen LogP contribution in [0.1, 0.15) is 13.3 Å². The van der Waals surface area contributed by atoms with Crippen LogP contribution in [0.25, 0.3) is 0 Å². The number of nitrogens with one attached hydrogen (secondary N) is 1.